The summed E-state index contributed by atoms with van der Waals surface area (Å²) in [7, 11) is 2.23. The predicted molar refractivity (Wildman–Crippen MR) is 85.6 cm³/mol. The molecule has 3 nitrogen and oxygen atoms in total. The van der Waals surface area contributed by atoms with E-state index in [9.17, 15) is 5.26 Å². The summed E-state index contributed by atoms with van der Waals surface area (Å²) in [6.45, 7) is 11.9. The topological polar surface area (TPSA) is 39.1 Å². The van der Waals surface area contributed by atoms with Gasteiger partial charge in [0.25, 0.3) is 0 Å². The third-order valence-electron chi connectivity index (χ3n) is 5.10. The lowest BCUT2D eigenvalue weighted by atomic mass is 9.75. The number of hydrogen-bond acceptors (Lipinski definition) is 3. The molecule has 0 bridgehead atoms. The molecule has 2 atom stereocenters. The smallest absolute Gasteiger partial charge is 0.105 e. The quantitative estimate of drug-likeness (QED) is 0.808. The molecule has 1 saturated carbocycles. The van der Waals surface area contributed by atoms with Crippen LogP contribution in [0.15, 0.2) is 0 Å². The third kappa shape index (κ3) is 4.75. The van der Waals surface area contributed by atoms with Crippen LogP contribution in [0.4, 0.5) is 0 Å². The summed E-state index contributed by atoms with van der Waals surface area (Å²) < 4.78 is 0. The minimum absolute atomic E-state index is 0.406. The van der Waals surface area contributed by atoms with Crippen molar-refractivity contribution in [2.45, 2.75) is 84.3 Å². The molecule has 0 aromatic carbocycles. The molecule has 0 radical (unpaired) electrons. The van der Waals surface area contributed by atoms with Gasteiger partial charge in [-0.3, -0.25) is 5.32 Å². The standard InChI is InChI=1S/C17H33N3/c1-7-19-17(5,13-18)12-14(2)20(6)15-8-10-16(3,4)11-9-15/h14-15,19H,7-12H2,1-6H3. The third-order valence-corrected chi connectivity index (χ3v) is 5.10. The summed E-state index contributed by atoms with van der Waals surface area (Å²) in [5.74, 6) is 0. The van der Waals surface area contributed by atoms with Crippen LogP contribution in [0.5, 0.6) is 0 Å². The first-order chi connectivity index (χ1) is 9.23. The van der Waals surface area contributed by atoms with E-state index in [4.69, 9.17) is 0 Å². The highest BCUT2D eigenvalue weighted by Crippen LogP contribution is 2.37. The highest BCUT2D eigenvalue weighted by Gasteiger charge is 2.33. The van der Waals surface area contributed by atoms with Crippen molar-refractivity contribution in [3.05, 3.63) is 0 Å². The Hall–Kier alpha value is -0.590. The van der Waals surface area contributed by atoms with Gasteiger partial charge in [-0.2, -0.15) is 5.26 Å². The average Bonchev–Trinajstić information content (AvgIpc) is 2.38. The van der Waals surface area contributed by atoms with Gasteiger partial charge in [0.2, 0.25) is 0 Å². The Bertz CT molecular complexity index is 335. The summed E-state index contributed by atoms with van der Waals surface area (Å²) in [4.78, 5) is 2.50. The van der Waals surface area contributed by atoms with E-state index in [1.54, 1.807) is 0 Å². The second-order valence-electron chi connectivity index (χ2n) is 7.59. The van der Waals surface area contributed by atoms with E-state index in [2.05, 4.69) is 51.0 Å². The first-order valence-corrected chi connectivity index (χ1v) is 8.11. The Kier molecular flexibility index (Phi) is 6.04. The maximum atomic E-state index is 9.40. The van der Waals surface area contributed by atoms with Crippen molar-refractivity contribution in [3.63, 3.8) is 0 Å². The Morgan fingerprint density at radius 1 is 1.40 bits per heavy atom. The summed E-state index contributed by atoms with van der Waals surface area (Å²) in [6.07, 6.45) is 6.10. The Morgan fingerprint density at radius 3 is 2.40 bits per heavy atom. The molecule has 0 saturated heterocycles. The van der Waals surface area contributed by atoms with Gasteiger partial charge >= 0.3 is 0 Å². The summed E-state index contributed by atoms with van der Waals surface area (Å²) >= 11 is 0. The first kappa shape index (κ1) is 17.5. The van der Waals surface area contributed by atoms with Crippen LogP contribution >= 0.6 is 0 Å². The van der Waals surface area contributed by atoms with Gasteiger partial charge < -0.3 is 4.90 Å². The van der Waals surface area contributed by atoms with Gasteiger partial charge in [0.1, 0.15) is 5.54 Å². The van der Waals surface area contributed by atoms with Crippen molar-refractivity contribution in [3.8, 4) is 6.07 Å². The van der Waals surface area contributed by atoms with Crippen LogP contribution in [0.1, 0.15) is 66.7 Å². The molecule has 0 aliphatic heterocycles. The highest BCUT2D eigenvalue weighted by atomic mass is 15.2. The lowest BCUT2D eigenvalue weighted by Gasteiger charge is -2.42. The SMILES string of the molecule is CCNC(C)(C#N)CC(C)N(C)C1CCC(C)(C)CC1. The first-order valence-electron chi connectivity index (χ1n) is 8.11. The van der Waals surface area contributed by atoms with E-state index in [1.165, 1.54) is 25.7 Å². The minimum atomic E-state index is -0.406. The summed E-state index contributed by atoms with van der Waals surface area (Å²) in [5.41, 5.74) is 0.113. The summed E-state index contributed by atoms with van der Waals surface area (Å²) in [5, 5.41) is 12.7. The van der Waals surface area contributed by atoms with Crippen molar-refractivity contribution in [2.24, 2.45) is 5.41 Å². The number of nitriles is 1. The average molecular weight is 279 g/mol. The molecule has 1 aliphatic rings. The van der Waals surface area contributed by atoms with Crippen LogP contribution in [0.25, 0.3) is 0 Å². The van der Waals surface area contributed by atoms with Crippen LogP contribution in [-0.2, 0) is 0 Å². The lowest BCUT2D eigenvalue weighted by molar-refractivity contribution is 0.0894. The molecule has 0 spiro atoms. The molecule has 0 aromatic rings. The molecular formula is C17H33N3. The van der Waals surface area contributed by atoms with Gasteiger partial charge in [-0.1, -0.05) is 20.8 Å². The largest absolute Gasteiger partial charge is 0.301 e. The summed E-state index contributed by atoms with van der Waals surface area (Å²) in [6, 6.07) is 3.56. The zero-order valence-corrected chi connectivity index (χ0v) is 14.3. The van der Waals surface area contributed by atoms with Crippen molar-refractivity contribution < 1.29 is 0 Å². The van der Waals surface area contributed by atoms with Gasteiger partial charge in [0, 0.05) is 12.1 Å². The van der Waals surface area contributed by atoms with Gasteiger partial charge in [0.05, 0.1) is 6.07 Å². The maximum absolute atomic E-state index is 9.40. The molecule has 1 rings (SSSR count). The minimum Gasteiger partial charge on any atom is -0.301 e. The van der Waals surface area contributed by atoms with E-state index >= 15 is 0 Å². The zero-order valence-electron chi connectivity index (χ0n) is 14.3. The number of nitrogens with one attached hydrogen (secondary N) is 1. The van der Waals surface area contributed by atoms with E-state index < -0.39 is 5.54 Å². The molecular weight excluding hydrogens is 246 g/mol. The van der Waals surface area contributed by atoms with Crippen molar-refractivity contribution in [1.82, 2.24) is 10.2 Å². The molecule has 1 N–H and O–H groups in total. The normalized spacial score (nSPS) is 24.1. The number of hydrogen-bond donors (Lipinski definition) is 1. The molecule has 2 unspecified atom stereocenters. The molecule has 0 amide bonds. The highest BCUT2D eigenvalue weighted by molar-refractivity contribution is 5.05. The fourth-order valence-electron chi connectivity index (χ4n) is 3.43. The van der Waals surface area contributed by atoms with Gasteiger partial charge in [-0.05, 0) is 65.0 Å². The zero-order chi connectivity index (χ0) is 15.4. The molecule has 3 heteroatoms. The fraction of sp³-hybridized carbons (Fsp3) is 0.941. The fourth-order valence-corrected chi connectivity index (χ4v) is 3.43. The van der Waals surface area contributed by atoms with Crippen LogP contribution in [0, 0.1) is 16.7 Å². The number of nitrogens with zero attached hydrogens (tertiary/aromatic N) is 2. The molecule has 20 heavy (non-hydrogen) atoms. The molecule has 0 heterocycles. The van der Waals surface area contributed by atoms with Crippen LogP contribution in [0.3, 0.4) is 0 Å². The molecule has 1 fully saturated rings. The van der Waals surface area contributed by atoms with Gasteiger partial charge in [0.15, 0.2) is 0 Å². The van der Waals surface area contributed by atoms with E-state index in [-0.39, 0.29) is 0 Å². The van der Waals surface area contributed by atoms with E-state index in [0.29, 0.717) is 17.5 Å². The van der Waals surface area contributed by atoms with Crippen LogP contribution in [-0.4, -0.2) is 36.1 Å². The van der Waals surface area contributed by atoms with Gasteiger partial charge in [-0.15, -0.1) is 0 Å². The second-order valence-corrected chi connectivity index (χ2v) is 7.59. The lowest BCUT2D eigenvalue weighted by Crippen LogP contribution is -2.49. The van der Waals surface area contributed by atoms with E-state index in [0.717, 1.165) is 13.0 Å². The monoisotopic (exact) mass is 279 g/mol. The Morgan fingerprint density at radius 2 is 1.95 bits per heavy atom. The van der Waals surface area contributed by atoms with Crippen molar-refractivity contribution in [1.29, 1.82) is 5.26 Å². The van der Waals surface area contributed by atoms with Crippen molar-refractivity contribution >= 4 is 0 Å². The maximum Gasteiger partial charge on any atom is 0.105 e. The molecule has 1 aliphatic carbocycles. The molecule has 0 aromatic heterocycles. The molecule has 116 valence electrons. The van der Waals surface area contributed by atoms with E-state index in [1.807, 2.05) is 6.92 Å². The van der Waals surface area contributed by atoms with Crippen LogP contribution < -0.4 is 5.32 Å². The van der Waals surface area contributed by atoms with Crippen molar-refractivity contribution in [2.75, 3.05) is 13.6 Å². The number of rotatable bonds is 6. The van der Waals surface area contributed by atoms with Gasteiger partial charge in [-0.25, -0.2) is 0 Å². The van der Waals surface area contributed by atoms with Crippen LogP contribution in [0.2, 0.25) is 0 Å². The Balaban J connectivity index is 2.55. The predicted octanol–water partition coefficient (Wildman–Crippen LogP) is 3.56. The second kappa shape index (κ2) is 6.91. The Labute approximate surface area is 125 Å².